The Balaban J connectivity index is 2.05. The Morgan fingerprint density at radius 1 is 1.61 bits per heavy atom. The second-order valence-corrected chi connectivity index (χ2v) is 4.04. The Hall–Kier alpha value is -1.75. The lowest BCUT2D eigenvalue weighted by Crippen LogP contribution is -2.26. The second kappa shape index (κ2) is 5.27. The highest BCUT2D eigenvalue weighted by Crippen LogP contribution is 2.35. The van der Waals surface area contributed by atoms with Crippen LogP contribution in [0.25, 0.3) is 0 Å². The number of carbonyl (C=O) groups is 1. The molecule has 0 aromatic heterocycles. The van der Waals surface area contributed by atoms with Gasteiger partial charge in [0.2, 0.25) is 0 Å². The molecule has 1 aromatic carbocycles. The lowest BCUT2D eigenvalue weighted by atomic mass is 10.1. The molecule has 1 aliphatic rings. The van der Waals surface area contributed by atoms with Crippen molar-refractivity contribution in [3.05, 3.63) is 23.8 Å². The van der Waals surface area contributed by atoms with Gasteiger partial charge >= 0.3 is 5.97 Å². The fourth-order valence-corrected chi connectivity index (χ4v) is 1.76. The van der Waals surface area contributed by atoms with E-state index in [-0.39, 0.29) is 6.61 Å². The molecule has 2 rings (SSSR count). The molecule has 2 atom stereocenters. The molecule has 0 bridgehead atoms. The van der Waals surface area contributed by atoms with Crippen LogP contribution in [0.1, 0.15) is 25.5 Å². The zero-order valence-electron chi connectivity index (χ0n) is 10.4. The average Bonchev–Trinajstić information content (AvgIpc) is 2.71. The minimum absolute atomic E-state index is 0.256. The van der Waals surface area contributed by atoms with Crippen molar-refractivity contribution in [1.82, 2.24) is 0 Å². The van der Waals surface area contributed by atoms with E-state index in [1.165, 1.54) is 0 Å². The SMILES string of the molecule is CCOC(=O)C(C)Oc1ccc2c(c1)OCC2O. The molecule has 18 heavy (non-hydrogen) atoms. The third-order valence-corrected chi connectivity index (χ3v) is 2.67. The average molecular weight is 252 g/mol. The molecule has 0 fully saturated rings. The predicted octanol–water partition coefficient (Wildman–Crippen LogP) is 1.44. The van der Waals surface area contributed by atoms with Gasteiger partial charge in [0.15, 0.2) is 6.10 Å². The molecule has 2 unspecified atom stereocenters. The Bertz CT molecular complexity index is 443. The van der Waals surface area contributed by atoms with E-state index in [1.807, 2.05) is 0 Å². The van der Waals surface area contributed by atoms with Gasteiger partial charge in [0.05, 0.1) is 6.61 Å². The number of rotatable bonds is 4. The molecule has 5 heteroatoms. The van der Waals surface area contributed by atoms with E-state index in [2.05, 4.69) is 0 Å². The number of fused-ring (bicyclic) bond motifs is 1. The molecular weight excluding hydrogens is 236 g/mol. The van der Waals surface area contributed by atoms with Gasteiger partial charge in [-0.05, 0) is 26.0 Å². The van der Waals surface area contributed by atoms with Crippen molar-refractivity contribution in [2.24, 2.45) is 0 Å². The molecule has 0 aliphatic carbocycles. The van der Waals surface area contributed by atoms with Gasteiger partial charge in [-0.25, -0.2) is 4.79 Å². The van der Waals surface area contributed by atoms with Crippen LogP contribution in [-0.4, -0.2) is 30.4 Å². The van der Waals surface area contributed by atoms with Crippen LogP contribution >= 0.6 is 0 Å². The van der Waals surface area contributed by atoms with Crippen molar-refractivity contribution >= 4 is 5.97 Å². The summed E-state index contributed by atoms with van der Waals surface area (Å²) in [5, 5.41) is 9.57. The second-order valence-electron chi connectivity index (χ2n) is 4.04. The summed E-state index contributed by atoms with van der Waals surface area (Å²) in [4.78, 5) is 11.4. The Morgan fingerprint density at radius 2 is 2.39 bits per heavy atom. The lowest BCUT2D eigenvalue weighted by Gasteiger charge is -2.13. The van der Waals surface area contributed by atoms with E-state index < -0.39 is 18.2 Å². The Kier molecular flexibility index (Phi) is 3.72. The number of benzene rings is 1. The van der Waals surface area contributed by atoms with Gasteiger partial charge in [0.25, 0.3) is 0 Å². The number of esters is 1. The van der Waals surface area contributed by atoms with Crippen LogP contribution in [-0.2, 0) is 9.53 Å². The Labute approximate surface area is 105 Å². The molecule has 0 amide bonds. The van der Waals surface area contributed by atoms with E-state index >= 15 is 0 Å². The number of hydrogen-bond donors (Lipinski definition) is 1. The third kappa shape index (κ3) is 2.56. The largest absolute Gasteiger partial charge is 0.490 e. The molecule has 1 heterocycles. The van der Waals surface area contributed by atoms with Crippen LogP contribution < -0.4 is 9.47 Å². The maximum absolute atomic E-state index is 11.4. The van der Waals surface area contributed by atoms with Crippen molar-refractivity contribution in [3.8, 4) is 11.5 Å². The highest BCUT2D eigenvalue weighted by molar-refractivity contribution is 5.74. The summed E-state index contributed by atoms with van der Waals surface area (Å²) in [6.07, 6.45) is -1.26. The molecule has 1 N–H and O–H groups in total. The molecule has 98 valence electrons. The molecule has 1 aromatic rings. The van der Waals surface area contributed by atoms with Crippen molar-refractivity contribution < 1.29 is 24.1 Å². The molecular formula is C13H16O5. The maximum Gasteiger partial charge on any atom is 0.347 e. The first kappa shape index (κ1) is 12.7. The van der Waals surface area contributed by atoms with Gasteiger partial charge in [0.1, 0.15) is 24.2 Å². The predicted molar refractivity (Wildman–Crippen MR) is 63.6 cm³/mol. The van der Waals surface area contributed by atoms with E-state index in [1.54, 1.807) is 32.0 Å². The molecule has 0 saturated heterocycles. The zero-order chi connectivity index (χ0) is 13.1. The first-order valence-corrected chi connectivity index (χ1v) is 5.90. The highest BCUT2D eigenvalue weighted by atomic mass is 16.6. The van der Waals surface area contributed by atoms with Crippen LogP contribution in [0.15, 0.2) is 18.2 Å². The monoisotopic (exact) mass is 252 g/mol. The minimum atomic E-state index is -0.672. The standard InChI is InChI=1S/C13H16O5/c1-3-16-13(15)8(2)18-9-4-5-10-11(14)7-17-12(10)6-9/h4-6,8,11,14H,3,7H2,1-2H3. The number of aliphatic hydroxyl groups is 1. The smallest absolute Gasteiger partial charge is 0.347 e. The highest BCUT2D eigenvalue weighted by Gasteiger charge is 2.23. The van der Waals surface area contributed by atoms with Crippen molar-refractivity contribution in [1.29, 1.82) is 0 Å². The summed E-state index contributed by atoms with van der Waals surface area (Å²) in [6.45, 7) is 3.95. The van der Waals surface area contributed by atoms with Gasteiger partial charge in [-0.3, -0.25) is 0 Å². The zero-order valence-corrected chi connectivity index (χ0v) is 10.4. The quantitative estimate of drug-likeness (QED) is 0.821. The van der Waals surface area contributed by atoms with Gasteiger partial charge in [0, 0.05) is 11.6 Å². The molecule has 0 radical (unpaired) electrons. The molecule has 0 spiro atoms. The fourth-order valence-electron chi connectivity index (χ4n) is 1.76. The van der Waals surface area contributed by atoms with Crippen LogP contribution in [0.3, 0.4) is 0 Å². The number of hydrogen-bond acceptors (Lipinski definition) is 5. The van der Waals surface area contributed by atoms with Gasteiger partial charge < -0.3 is 19.3 Å². The van der Waals surface area contributed by atoms with Crippen LogP contribution in [0.4, 0.5) is 0 Å². The summed E-state index contributed by atoms with van der Waals surface area (Å²) in [5.41, 5.74) is 0.742. The van der Waals surface area contributed by atoms with Gasteiger partial charge in [-0.1, -0.05) is 0 Å². The van der Waals surface area contributed by atoms with Gasteiger partial charge in [-0.15, -0.1) is 0 Å². The summed E-state index contributed by atoms with van der Waals surface area (Å²) in [5.74, 6) is 0.707. The molecule has 1 aliphatic heterocycles. The topological polar surface area (TPSA) is 65.0 Å². The fraction of sp³-hybridized carbons (Fsp3) is 0.462. The molecule has 5 nitrogen and oxygen atoms in total. The number of aliphatic hydroxyl groups excluding tert-OH is 1. The van der Waals surface area contributed by atoms with E-state index in [4.69, 9.17) is 14.2 Å². The van der Waals surface area contributed by atoms with E-state index in [9.17, 15) is 9.90 Å². The number of carbonyl (C=O) groups excluding carboxylic acids is 1. The maximum atomic E-state index is 11.4. The Morgan fingerprint density at radius 3 is 3.11 bits per heavy atom. The third-order valence-electron chi connectivity index (χ3n) is 2.67. The van der Waals surface area contributed by atoms with Crippen LogP contribution in [0.5, 0.6) is 11.5 Å². The van der Waals surface area contributed by atoms with Gasteiger partial charge in [-0.2, -0.15) is 0 Å². The van der Waals surface area contributed by atoms with E-state index in [0.29, 0.717) is 18.1 Å². The summed E-state index contributed by atoms with van der Waals surface area (Å²) >= 11 is 0. The minimum Gasteiger partial charge on any atom is -0.490 e. The van der Waals surface area contributed by atoms with Crippen LogP contribution in [0.2, 0.25) is 0 Å². The molecule has 0 saturated carbocycles. The number of ether oxygens (including phenoxy) is 3. The van der Waals surface area contributed by atoms with E-state index in [0.717, 1.165) is 5.56 Å². The lowest BCUT2D eigenvalue weighted by molar-refractivity contribution is -0.150. The first-order valence-electron chi connectivity index (χ1n) is 5.90. The summed E-state index contributed by atoms with van der Waals surface area (Å²) in [7, 11) is 0. The summed E-state index contributed by atoms with van der Waals surface area (Å²) in [6, 6.07) is 5.11. The first-order chi connectivity index (χ1) is 8.61. The van der Waals surface area contributed by atoms with Crippen molar-refractivity contribution in [2.45, 2.75) is 26.1 Å². The van der Waals surface area contributed by atoms with Crippen molar-refractivity contribution in [3.63, 3.8) is 0 Å². The van der Waals surface area contributed by atoms with Crippen molar-refractivity contribution in [2.75, 3.05) is 13.2 Å². The van der Waals surface area contributed by atoms with Crippen LogP contribution in [0, 0.1) is 0 Å². The summed E-state index contributed by atoms with van der Waals surface area (Å²) < 4.78 is 15.6. The normalized spacial score (nSPS) is 18.7.